The highest BCUT2D eigenvalue weighted by atomic mass is 35.5. The van der Waals surface area contributed by atoms with Crippen LogP contribution in [0.15, 0.2) is 42.5 Å². The molecule has 0 aliphatic carbocycles. The number of hydrogen-bond acceptors (Lipinski definition) is 5. The predicted molar refractivity (Wildman–Crippen MR) is 161 cm³/mol. The minimum atomic E-state index is -1.25. The average Bonchev–Trinajstić information content (AvgIpc) is 3.60. The van der Waals surface area contributed by atoms with Gasteiger partial charge in [0, 0.05) is 42.3 Å². The largest absolute Gasteiger partial charge is 0.370 e. The van der Waals surface area contributed by atoms with Gasteiger partial charge in [-0.25, -0.2) is 4.79 Å². The summed E-state index contributed by atoms with van der Waals surface area (Å²) in [4.78, 5) is 72.4. The fourth-order valence-electron chi connectivity index (χ4n) is 5.90. The number of carbonyl (C=O) groups excluding carboxylic acids is 5. The first kappa shape index (κ1) is 30.2. The molecular weight excluding hydrogens is 597 g/mol. The molecule has 3 aromatic rings. The Morgan fingerprint density at radius 3 is 2.49 bits per heavy atom. The van der Waals surface area contributed by atoms with Crippen LogP contribution < -0.4 is 16.8 Å². The summed E-state index contributed by atoms with van der Waals surface area (Å²) < 4.78 is 0. The number of fused-ring (bicyclic) bond motifs is 3. The number of likely N-dealkylation sites (N-methyl/N-ethyl adjacent to an activating group) is 1. The van der Waals surface area contributed by atoms with Crippen LogP contribution in [0, 0.1) is 0 Å². The van der Waals surface area contributed by atoms with Gasteiger partial charge in [0.1, 0.15) is 18.1 Å². The van der Waals surface area contributed by atoms with E-state index in [9.17, 15) is 24.0 Å². The molecule has 1 fully saturated rings. The van der Waals surface area contributed by atoms with Crippen molar-refractivity contribution < 1.29 is 24.0 Å². The van der Waals surface area contributed by atoms with E-state index in [1.807, 2.05) is 24.3 Å². The number of aromatic nitrogens is 1. The molecule has 2 aliphatic heterocycles. The number of amides is 6. The van der Waals surface area contributed by atoms with Crippen molar-refractivity contribution >= 4 is 69.5 Å². The van der Waals surface area contributed by atoms with E-state index in [4.69, 9.17) is 34.7 Å². The van der Waals surface area contributed by atoms with Crippen molar-refractivity contribution in [3.05, 3.63) is 63.8 Å². The number of rotatable bonds is 7. The number of aromatic amines is 1. The third kappa shape index (κ3) is 5.98. The number of primary amides is 2. The lowest BCUT2D eigenvalue weighted by Crippen LogP contribution is -2.58. The highest BCUT2D eigenvalue weighted by Crippen LogP contribution is 2.33. The minimum absolute atomic E-state index is 0.113. The Balaban J connectivity index is 1.45. The Morgan fingerprint density at radius 2 is 1.79 bits per heavy atom. The number of likely N-dealkylation sites (tertiary alicyclic amines) is 1. The zero-order chi connectivity index (χ0) is 31.0. The first-order chi connectivity index (χ1) is 20.5. The van der Waals surface area contributed by atoms with Crippen molar-refractivity contribution in [2.24, 2.45) is 11.5 Å². The van der Waals surface area contributed by atoms with Crippen molar-refractivity contribution in [3.8, 4) is 0 Å². The van der Waals surface area contributed by atoms with Gasteiger partial charge in [-0.15, -0.1) is 0 Å². The molecule has 0 radical (unpaired) electrons. The number of urea groups is 1. The van der Waals surface area contributed by atoms with Crippen LogP contribution in [0.4, 0.5) is 10.5 Å². The summed E-state index contributed by atoms with van der Waals surface area (Å²) in [5.41, 5.74) is 13.7. The van der Waals surface area contributed by atoms with Gasteiger partial charge in [-0.1, -0.05) is 41.4 Å². The standard InChI is InChI=1S/C29H31Cl2N7O5/c1-36(23(26(33)40)13-25(32)39)27(41)22-7-4-10-37(22)28(42)24-12-17-16-5-2-3-6-20(16)35-21(17)14-38(24)29(43)34-15-8-9-18(30)19(31)11-15/h2-3,5-6,8-9,11,22-24,35H,4,7,10,12-14H2,1H3,(H2,32,39)(H2,33,40)(H,34,43)/t22-,23-,24+/m0/s1. The maximum absolute atomic E-state index is 14.3. The maximum Gasteiger partial charge on any atom is 0.322 e. The fourth-order valence-corrected chi connectivity index (χ4v) is 6.20. The molecular formula is C29H31Cl2N7O5. The Bertz CT molecular complexity index is 1630. The highest BCUT2D eigenvalue weighted by molar-refractivity contribution is 6.42. The highest BCUT2D eigenvalue weighted by Gasteiger charge is 2.44. The number of nitrogens with two attached hydrogens (primary N) is 2. The molecule has 0 unspecified atom stereocenters. The molecule has 0 spiro atoms. The van der Waals surface area contributed by atoms with Crippen molar-refractivity contribution in [2.45, 2.75) is 50.4 Å². The summed E-state index contributed by atoms with van der Waals surface area (Å²) >= 11 is 12.2. The zero-order valence-electron chi connectivity index (χ0n) is 23.3. The molecule has 43 heavy (non-hydrogen) atoms. The molecule has 14 heteroatoms. The van der Waals surface area contributed by atoms with Gasteiger partial charge in [-0.2, -0.15) is 0 Å². The number of anilines is 1. The molecule has 2 aromatic carbocycles. The molecule has 1 saturated heterocycles. The topological polar surface area (TPSA) is 175 Å². The molecule has 1 aromatic heterocycles. The number of nitrogens with zero attached hydrogens (tertiary/aromatic N) is 3. The second-order valence-electron chi connectivity index (χ2n) is 10.8. The smallest absolute Gasteiger partial charge is 0.322 e. The van der Waals surface area contributed by atoms with Crippen LogP contribution in [0.25, 0.3) is 10.9 Å². The number of H-pyrrole nitrogens is 1. The maximum atomic E-state index is 14.3. The summed E-state index contributed by atoms with van der Waals surface area (Å²) in [6, 6.07) is 8.74. The number of para-hydroxylation sites is 1. The second-order valence-corrected chi connectivity index (χ2v) is 11.6. The Morgan fingerprint density at radius 1 is 1.05 bits per heavy atom. The molecule has 0 bridgehead atoms. The molecule has 3 heterocycles. The lowest BCUT2D eigenvalue weighted by atomic mass is 9.95. The molecule has 3 atom stereocenters. The van der Waals surface area contributed by atoms with Crippen LogP contribution in [-0.4, -0.2) is 81.1 Å². The Kier molecular flexibility index (Phi) is 8.52. The van der Waals surface area contributed by atoms with Crippen molar-refractivity contribution in [1.29, 1.82) is 0 Å². The Labute approximate surface area is 257 Å². The molecule has 12 nitrogen and oxygen atoms in total. The number of hydrogen-bond donors (Lipinski definition) is 4. The first-order valence-corrected chi connectivity index (χ1v) is 14.5. The van der Waals surface area contributed by atoms with Gasteiger partial charge in [0.05, 0.1) is 23.0 Å². The number of carbonyl (C=O) groups is 5. The molecule has 6 N–H and O–H groups in total. The number of benzene rings is 2. The van der Waals surface area contributed by atoms with E-state index in [1.54, 1.807) is 12.1 Å². The molecule has 2 aliphatic rings. The van der Waals surface area contributed by atoms with E-state index in [1.165, 1.54) is 22.9 Å². The van der Waals surface area contributed by atoms with Crippen LogP contribution >= 0.6 is 23.2 Å². The summed E-state index contributed by atoms with van der Waals surface area (Å²) in [7, 11) is 1.36. The molecule has 226 valence electrons. The van der Waals surface area contributed by atoms with Crippen molar-refractivity contribution in [2.75, 3.05) is 18.9 Å². The van der Waals surface area contributed by atoms with Crippen LogP contribution in [0.3, 0.4) is 0 Å². The van der Waals surface area contributed by atoms with Gasteiger partial charge in [0.15, 0.2) is 0 Å². The summed E-state index contributed by atoms with van der Waals surface area (Å²) in [5.74, 6) is -2.61. The van der Waals surface area contributed by atoms with Gasteiger partial charge in [0.25, 0.3) is 0 Å². The van der Waals surface area contributed by atoms with E-state index in [2.05, 4.69) is 10.3 Å². The monoisotopic (exact) mass is 627 g/mol. The van der Waals surface area contributed by atoms with Crippen LogP contribution in [0.1, 0.15) is 30.5 Å². The number of halogens is 2. The molecule has 5 rings (SSSR count). The first-order valence-electron chi connectivity index (χ1n) is 13.7. The number of nitrogens with one attached hydrogen (secondary N) is 2. The lowest BCUT2D eigenvalue weighted by Gasteiger charge is -2.38. The van der Waals surface area contributed by atoms with Gasteiger partial charge < -0.3 is 36.5 Å². The van der Waals surface area contributed by atoms with Crippen LogP contribution in [-0.2, 0) is 32.1 Å². The van der Waals surface area contributed by atoms with Gasteiger partial charge in [-0.05, 0) is 42.7 Å². The van der Waals surface area contributed by atoms with E-state index >= 15 is 0 Å². The summed E-state index contributed by atoms with van der Waals surface area (Å²) in [6.45, 7) is 0.391. The lowest BCUT2D eigenvalue weighted by molar-refractivity contribution is -0.149. The van der Waals surface area contributed by atoms with Crippen molar-refractivity contribution in [3.63, 3.8) is 0 Å². The molecule has 6 amide bonds. The fraction of sp³-hybridized carbons (Fsp3) is 0.345. The average molecular weight is 629 g/mol. The zero-order valence-corrected chi connectivity index (χ0v) is 24.8. The quantitative estimate of drug-likeness (QED) is 0.314. The van der Waals surface area contributed by atoms with Gasteiger partial charge >= 0.3 is 6.03 Å². The molecule has 0 saturated carbocycles. The van der Waals surface area contributed by atoms with E-state index < -0.39 is 54.2 Å². The van der Waals surface area contributed by atoms with E-state index in [-0.39, 0.29) is 24.5 Å². The van der Waals surface area contributed by atoms with E-state index in [0.717, 1.165) is 27.1 Å². The van der Waals surface area contributed by atoms with Crippen LogP contribution in [0.2, 0.25) is 10.0 Å². The summed E-state index contributed by atoms with van der Waals surface area (Å²) in [5, 5.41) is 4.35. The van der Waals surface area contributed by atoms with Gasteiger partial charge in [0.2, 0.25) is 23.6 Å². The third-order valence-corrected chi connectivity index (χ3v) is 8.82. The van der Waals surface area contributed by atoms with Crippen LogP contribution in [0.5, 0.6) is 0 Å². The van der Waals surface area contributed by atoms with Gasteiger partial charge in [-0.3, -0.25) is 19.2 Å². The van der Waals surface area contributed by atoms with Crippen molar-refractivity contribution in [1.82, 2.24) is 19.7 Å². The third-order valence-electron chi connectivity index (χ3n) is 8.08. The normalized spacial score (nSPS) is 18.7. The SMILES string of the molecule is CN(C(=O)[C@@H]1CCCN1C(=O)[C@H]1Cc2c([nH]c3ccccc23)CN1C(=O)Nc1ccc(Cl)c(Cl)c1)[C@@H](CC(N)=O)C(N)=O. The minimum Gasteiger partial charge on any atom is -0.370 e. The second kappa shape index (κ2) is 12.1. The summed E-state index contributed by atoms with van der Waals surface area (Å²) in [6.07, 6.45) is 0.656. The predicted octanol–water partition coefficient (Wildman–Crippen LogP) is 2.61. The Hall–Kier alpha value is -4.29. The van der Waals surface area contributed by atoms with E-state index in [0.29, 0.717) is 23.6 Å².